The van der Waals surface area contributed by atoms with Gasteiger partial charge in [0.15, 0.2) is 0 Å². The van der Waals surface area contributed by atoms with E-state index in [1.165, 1.54) is 10.4 Å². The molecule has 1 aliphatic rings. The average molecular weight is 327 g/mol. The van der Waals surface area contributed by atoms with E-state index in [4.69, 9.17) is 9.16 Å². The summed E-state index contributed by atoms with van der Waals surface area (Å²) >= 11 is 0. The molecule has 0 bridgehead atoms. The van der Waals surface area contributed by atoms with Gasteiger partial charge < -0.3 is 9.16 Å². The molecule has 0 radical (unpaired) electrons. The predicted molar refractivity (Wildman–Crippen MR) is 97.9 cm³/mol. The van der Waals surface area contributed by atoms with Gasteiger partial charge in [-0.05, 0) is 21.8 Å². The Labute approximate surface area is 140 Å². The Morgan fingerprint density at radius 2 is 1.43 bits per heavy atom. The molecule has 1 unspecified atom stereocenters. The lowest BCUT2D eigenvalue weighted by Gasteiger charge is -2.44. The molecule has 1 heterocycles. The van der Waals surface area contributed by atoms with Crippen molar-refractivity contribution < 1.29 is 9.16 Å². The molecule has 2 aromatic rings. The van der Waals surface area contributed by atoms with Gasteiger partial charge >= 0.3 is 0 Å². The molecule has 1 aliphatic heterocycles. The molecule has 0 spiro atoms. The van der Waals surface area contributed by atoms with Gasteiger partial charge in [-0.25, -0.2) is 0 Å². The molecule has 0 aromatic heterocycles. The van der Waals surface area contributed by atoms with Crippen LogP contribution in [0.5, 0.6) is 0 Å². The van der Waals surface area contributed by atoms with Gasteiger partial charge in [0.2, 0.25) is 0 Å². The van der Waals surface area contributed by atoms with E-state index in [2.05, 4.69) is 81.4 Å². The maximum atomic E-state index is 6.95. The monoisotopic (exact) mass is 326 g/mol. The van der Waals surface area contributed by atoms with Crippen LogP contribution in [-0.4, -0.2) is 27.6 Å². The van der Waals surface area contributed by atoms with Crippen LogP contribution in [-0.2, 0) is 9.16 Å². The summed E-state index contributed by atoms with van der Waals surface area (Å²) in [4.78, 5) is 0. The van der Waals surface area contributed by atoms with Gasteiger partial charge in [-0.2, -0.15) is 0 Å². The summed E-state index contributed by atoms with van der Waals surface area (Å²) < 4.78 is 12.5. The minimum absolute atomic E-state index is 0.0400. The minimum atomic E-state index is -2.39. The largest absolute Gasteiger partial charge is 0.402 e. The smallest absolute Gasteiger partial charge is 0.261 e. The van der Waals surface area contributed by atoms with Gasteiger partial charge in [-0.15, -0.1) is 0 Å². The van der Waals surface area contributed by atoms with E-state index in [0.717, 1.165) is 13.0 Å². The van der Waals surface area contributed by atoms with Crippen LogP contribution in [0.25, 0.3) is 0 Å². The van der Waals surface area contributed by atoms with Crippen molar-refractivity contribution in [1.29, 1.82) is 0 Å². The first-order valence-electron chi connectivity index (χ1n) is 8.41. The van der Waals surface area contributed by atoms with Crippen LogP contribution in [0, 0.1) is 0 Å². The third kappa shape index (κ3) is 3.14. The maximum Gasteiger partial charge on any atom is 0.261 e. The third-order valence-corrected chi connectivity index (χ3v) is 9.74. The Morgan fingerprint density at radius 3 is 1.83 bits per heavy atom. The zero-order chi connectivity index (χ0) is 16.3. The SMILES string of the molecule is CC(C)(C)[Si](OC1CCOC1)(c1ccccc1)c1ccccc1. The van der Waals surface area contributed by atoms with Gasteiger partial charge in [0.05, 0.1) is 12.7 Å². The summed E-state index contributed by atoms with van der Waals surface area (Å²) in [5.74, 6) is 0. The van der Waals surface area contributed by atoms with Gasteiger partial charge in [0.1, 0.15) is 0 Å². The first-order valence-corrected chi connectivity index (χ1v) is 10.3. The quantitative estimate of drug-likeness (QED) is 0.802. The molecule has 2 aromatic carbocycles. The van der Waals surface area contributed by atoms with Crippen LogP contribution in [0.15, 0.2) is 60.7 Å². The molecule has 1 atom stereocenters. The fourth-order valence-corrected chi connectivity index (χ4v) is 8.25. The summed E-state index contributed by atoms with van der Waals surface area (Å²) in [7, 11) is -2.39. The Balaban J connectivity index is 2.16. The van der Waals surface area contributed by atoms with E-state index in [0.29, 0.717) is 6.61 Å². The minimum Gasteiger partial charge on any atom is -0.402 e. The number of rotatable bonds is 4. The predicted octanol–water partition coefficient (Wildman–Crippen LogP) is 3.35. The van der Waals surface area contributed by atoms with E-state index in [9.17, 15) is 0 Å². The van der Waals surface area contributed by atoms with E-state index in [1.54, 1.807) is 0 Å². The van der Waals surface area contributed by atoms with Crippen LogP contribution in [0.1, 0.15) is 27.2 Å². The molecule has 3 heteroatoms. The van der Waals surface area contributed by atoms with Crippen molar-refractivity contribution in [3.05, 3.63) is 60.7 Å². The summed E-state index contributed by atoms with van der Waals surface area (Å²) in [6, 6.07) is 21.6. The molecule has 122 valence electrons. The molecular formula is C20H26O2Si. The highest BCUT2D eigenvalue weighted by Gasteiger charge is 2.51. The third-order valence-electron chi connectivity index (χ3n) is 4.65. The highest BCUT2D eigenvalue weighted by atomic mass is 28.4. The van der Waals surface area contributed by atoms with Crippen molar-refractivity contribution in [2.75, 3.05) is 13.2 Å². The number of benzene rings is 2. The van der Waals surface area contributed by atoms with E-state index in [1.807, 2.05) is 0 Å². The van der Waals surface area contributed by atoms with E-state index < -0.39 is 8.32 Å². The Bertz CT molecular complexity index is 574. The van der Waals surface area contributed by atoms with Crippen molar-refractivity contribution in [2.45, 2.75) is 38.3 Å². The van der Waals surface area contributed by atoms with Crippen molar-refractivity contribution in [1.82, 2.24) is 0 Å². The zero-order valence-electron chi connectivity index (χ0n) is 14.3. The molecule has 1 saturated heterocycles. The van der Waals surface area contributed by atoms with Crippen molar-refractivity contribution in [3.63, 3.8) is 0 Å². The second-order valence-corrected chi connectivity index (χ2v) is 11.5. The second kappa shape index (κ2) is 6.60. The summed E-state index contributed by atoms with van der Waals surface area (Å²) in [6.45, 7) is 8.46. The van der Waals surface area contributed by atoms with Crippen molar-refractivity contribution in [2.24, 2.45) is 0 Å². The van der Waals surface area contributed by atoms with Crippen LogP contribution in [0.3, 0.4) is 0 Å². The highest BCUT2D eigenvalue weighted by molar-refractivity contribution is 6.99. The van der Waals surface area contributed by atoms with Gasteiger partial charge in [0, 0.05) is 6.61 Å². The molecule has 1 fully saturated rings. The topological polar surface area (TPSA) is 18.5 Å². The first kappa shape index (κ1) is 16.4. The van der Waals surface area contributed by atoms with Crippen molar-refractivity contribution >= 4 is 18.7 Å². The fraction of sp³-hybridized carbons (Fsp3) is 0.400. The molecule has 0 amide bonds. The van der Waals surface area contributed by atoms with Gasteiger partial charge in [0.25, 0.3) is 8.32 Å². The molecule has 23 heavy (non-hydrogen) atoms. The van der Waals surface area contributed by atoms with E-state index >= 15 is 0 Å². The number of ether oxygens (including phenoxy) is 1. The van der Waals surface area contributed by atoms with Crippen molar-refractivity contribution in [3.8, 4) is 0 Å². The Hall–Kier alpha value is -1.42. The van der Waals surface area contributed by atoms with Gasteiger partial charge in [-0.3, -0.25) is 0 Å². The number of hydrogen-bond acceptors (Lipinski definition) is 2. The summed E-state index contributed by atoms with van der Waals surface area (Å²) in [5.41, 5.74) is 0. The van der Waals surface area contributed by atoms with Crippen LogP contribution in [0.4, 0.5) is 0 Å². The maximum absolute atomic E-state index is 6.95. The normalized spacial score (nSPS) is 19.0. The molecule has 2 nitrogen and oxygen atoms in total. The lowest BCUT2D eigenvalue weighted by Crippen LogP contribution is -2.67. The van der Waals surface area contributed by atoms with E-state index in [-0.39, 0.29) is 11.1 Å². The summed E-state index contributed by atoms with van der Waals surface area (Å²) in [5, 5.41) is 2.72. The Kier molecular flexibility index (Phi) is 4.71. The summed E-state index contributed by atoms with van der Waals surface area (Å²) in [6.07, 6.45) is 1.19. The molecule has 3 rings (SSSR count). The van der Waals surface area contributed by atoms with Crippen LogP contribution in [0.2, 0.25) is 5.04 Å². The Morgan fingerprint density at radius 1 is 0.913 bits per heavy atom. The first-order chi connectivity index (χ1) is 11.0. The van der Waals surface area contributed by atoms with Crippen LogP contribution < -0.4 is 10.4 Å². The van der Waals surface area contributed by atoms with Gasteiger partial charge in [-0.1, -0.05) is 81.4 Å². The lowest BCUT2D eigenvalue weighted by molar-refractivity contribution is 0.135. The average Bonchev–Trinajstić information content (AvgIpc) is 3.06. The fourth-order valence-electron chi connectivity index (χ4n) is 3.55. The molecular weight excluding hydrogens is 300 g/mol. The molecule has 0 saturated carbocycles. The standard InChI is InChI=1S/C20H26O2Si/c1-20(2,3)23(18-10-6-4-7-11-18,19-12-8-5-9-13-19)22-17-14-15-21-16-17/h4-13,17H,14-16H2,1-3H3. The molecule has 0 N–H and O–H groups in total. The second-order valence-electron chi connectivity index (χ2n) is 7.27. The lowest BCUT2D eigenvalue weighted by atomic mass is 10.2. The molecule has 0 aliphatic carbocycles. The number of hydrogen-bond donors (Lipinski definition) is 0. The highest BCUT2D eigenvalue weighted by Crippen LogP contribution is 2.38. The van der Waals surface area contributed by atoms with Crippen LogP contribution >= 0.6 is 0 Å². The zero-order valence-corrected chi connectivity index (χ0v) is 15.3.